The maximum Gasteiger partial charge on any atom is 0.0488 e. The Kier molecular flexibility index (Phi) is 17.1. The molecule has 0 fully saturated rings. The van der Waals surface area contributed by atoms with Crippen LogP contribution in [0.1, 0.15) is 25.0 Å². The molecule has 0 saturated heterocycles. The molecular formula is C99H74N4. The number of benzene rings is 16. The molecule has 0 bridgehead atoms. The van der Waals surface area contributed by atoms with Crippen molar-refractivity contribution in [2.45, 2.75) is 19.3 Å². The number of rotatable bonds is 18. The van der Waals surface area contributed by atoms with Crippen LogP contribution in [0, 0.1) is 0 Å². The fraction of sp³-hybridized carbons (Fsp3) is 0.0303. The first-order valence-corrected chi connectivity index (χ1v) is 35.4. The number of hydrogen-bond acceptors (Lipinski definition) is 4. The summed E-state index contributed by atoms with van der Waals surface area (Å²) in [6, 6.07) is 150. The molecule has 0 heterocycles. The Morgan fingerprint density at radius 1 is 0.146 bits per heavy atom. The van der Waals surface area contributed by atoms with E-state index < -0.39 is 5.41 Å². The van der Waals surface area contributed by atoms with Crippen LogP contribution in [0.5, 0.6) is 0 Å². The maximum atomic E-state index is 2.47. The second-order valence-corrected chi connectivity index (χ2v) is 27.0. The fourth-order valence-corrected chi connectivity index (χ4v) is 15.0. The van der Waals surface area contributed by atoms with E-state index in [0.717, 1.165) is 90.5 Å². The second kappa shape index (κ2) is 27.8. The van der Waals surface area contributed by atoms with Gasteiger partial charge in [0.25, 0.3) is 0 Å². The standard InChI is InChI=1S/C99H74N4/c1-99(2)97-67-79(81-63-91(100(83-35-19-7-20-36-83)87-53-43-75(44-54-87)71-27-11-3-12-28-71)69-92(64-81)101(84-37-21-8-22-38-84)88-55-45-76(46-56-88)72-29-13-4-14-30-72)51-61-95(97)96-62-52-80(68-98(96)99)82-65-93(102(85-39-23-9-24-40-85)89-57-47-77(48-58-89)73-31-15-5-16-32-73)70-94(66-82)103(86-41-25-10-26-42-86)90-59-49-78(50-60-90)74-33-17-6-18-34-74/h3-70H,1-2H3. The van der Waals surface area contributed by atoms with Gasteiger partial charge in [0.2, 0.25) is 0 Å². The van der Waals surface area contributed by atoms with Crippen molar-refractivity contribution in [3.63, 3.8) is 0 Å². The van der Waals surface area contributed by atoms with Gasteiger partial charge in [0, 0.05) is 73.7 Å². The number of anilines is 12. The summed E-state index contributed by atoms with van der Waals surface area (Å²) in [6.07, 6.45) is 0. The van der Waals surface area contributed by atoms with E-state index in [0.29, 0.717) is 0 Å². The van der Waals surface area contributed by atoms with Crippen LogP contribution in [0.15, 0.2) is 413 Å². The summed E-state index contributed by atoms with van der Waals surface area (Å²) in [4.78, 5) is 9.61. The van der Waals surface area contributed by atoms with Crippen LogP contribution >= 0.6 is 0 Å². The summed E-state index contributed by atoms with van der Waals surface area (Å²) in [5.74, 6) is 0. The summed E-state index contributed by atoms with van der Waals surface area (Å²) < 4.78 is 0. The molecule has 0 spiro atoms. The number of para-hydroxylation sites is 4. The number of hydrogen-bond donors (Lipinski definition) is 0. The lowest BCUT2D eigenvalue weighted by Crippen LogP contribution is -2.15. The van der Waals surface area contributed by atoms with E-state index in [4.69, 9.17) is 0 Å². The van der Waals surface area contributed by atoms with E-state index in [1.54, 1.807) is 0 Å². The fourth-order valence-electron chi connectivity index (χ4n) is 15.0. The van der Waals surface area contributed by atoms with Gasteiger partial charge < -0.3 is 19.6 Å². The lowest BCUT2D eigenvalue weighted by Gasteiger charge is -2.31. The SMILES string of the molecule is CC1(C)c2cc(-c3cc(N(c4ccccc4)c4ccc(-c5ccccc5)cc4)cc(N(c4ccccc4)c4ccc(-c5ccccc5)cc4)c3)ccc2-c2ccc(-c3cc(N(c4ccccc4)c4ccc(-c5ccccc5)cc4)cc(N(c4ccccc4)c4ccc(-c5ccccc5)cc4)c3)cc21. The molecule has 0 aromatic heterocycles. The summed E-state index contributed by atoms with van der Waals surface area (Å²) >= 11 is 0. The third kappa shape index (κ3) is 12.8. The zero-order chi connectivity index (χ0) is 69.1. The molecule has 4 heteroatoms. The van der Waals surface area contributed by atoms with Crippen molar-refractivity contribution in [3.8, 4) is 77.9 Å². The maximum absolute atomic E-state index is 2.47. The van der Waals surface area contributed by atoms with Crippen molar-refractivity contribution in [3.05, 3.63) is 424 Å². The molecule has 4 nitrogen and oxygen atoms in total. The average Bonchev–Trinajstić information content (AvgIpc) is 1.58. The monoisotopic (exact) mass is 1320 g/mol. The molecule has 0 saturated carbocycles. The zero-order valence-corrected chi connectivity index (χ0v) is 57.5. The van der Waals surface area contributed by atoms with Gasteiger partial charge in [-0.15, -0.1) is 0 Å². The third-order valence-corrected chi connectivity index (χ3v) is 20.2. The highest BCUT2D eigenvalue weighted by Gasteiger charge is 2.36. The highest BCUT2D eigenvalue weighted by Crippen LogP contribution is 2.53. The van der Waals surface area contributed by atoms with Crippen molar-refractivity contribution < 1.29 is 0 Å². The summed E-state index contributed by atoms with van der Waals surface area (Å²) in [7, 11) is 0. The Balaban J connectivity index is 0.807. The van der Waals surface area contributed by atoms with E-state index in [1.165, 1.54) is 66.8 Å². The van der Waals surface area contributed by atoms with Gasteiger partial charge in [-0.1, -0.05) is 281 Å². The van der Waals surface area contributed by atoms with Crippen LogP contribution in [0.4, 0.5) is 68.2 Å². The predicted molar refractivity (Wildman–Crippen MR) is 435 cm³/mol. The first kappa shape index (κ1) is 63.2. The lowest BCUT2D eigenvalue weighted by atomic mass is 9.80. The molecule has 0 N–H and O–H groups in total. The first-order chi connectivity index (χ1) is 50.8. The van der Waals surface area contributed by atoms with Gasteiger partial charge in [0.1, 0.15) is 0 Å². The van der Waals surface area contributed by atoms with Crippen molar-refractivity contribution in [2.24, 2.45) is 0 Å². The van der Waals surface area contributed by atoms with E-state index in [9.17, 15) is 0 Å². The Hall–Kier alpha value is -13.3. The van der Waals surface area contributed by atoms with Crippen LogP contribution in [-0.4, -0.2) is 0 Å². The van der Waals surface area contributed by atoms with Crippen LogP contribution in [0.25, 0.3) is 77.9 Å². The Morgan fingerprint density at radius 2 is 0.330 bits per heavy atom. The smallest absolute Gasteiger partial charge is 0.0488 e. The summed E-state index contributed by atoms with van der Waals surface area (Å²) in [5, 5.41) is 0. The molecule has 16 aromatic carbocycles. The molecule has 16 aromatic rings. The molecule has 0 radical (unpaired) electrons. The molecule has 0 amide bonds. The Bertz CT molecular complexity index is 4940. The lowest BCUT2D eigenvalue weighted by molar-refractivity contribution is 0.661. The van der Waals surface area contributed by atoms with Gasteiger partial charge in [-0.2, -0.15) is 0 Å². The van der Waals surface area contributed by atoms with E-state index >= 15 is 0 Å². The minimum atomic E-state index is -0.391. The predicted octanol–water partition coefficient (Wildman–Crippen LogP) is 27.9. The number of nitrogens with zero attached hydrogens (tertiary/aromatic N) is 4. The molecule has 0 unspecified atom stereocenters. The van der Waals surface area contributed by atoms with E-state index in [2.05, 4.69) is 446 Å². The molecule has 103 heavy (non-hydrogen) atoms. The van der Waals surface area contributed by atoms with Gasteiger partial charge in [0.15, 0.2) is 0 Å². The third-order valence-electron chi connectivity index (χ3n) is 20.2. The van der Waals surface area contributed by atoms with Crippen LogP contribution in [0.3, 0.4) is 0 Å². The van der Waals surface area contributed by atoms with Crippen LogP contribution in [-0.2, 0) is 5.41 Å². The number of fused-ring (bicyclic) bond motifs is 3. The summed E-state index contributed by atoms with van der Waals surface area (Å²) in [5.41, 5.74) is 31.2. The second-order valence-electron chi connectivity index (χ2n) is 27.0. The minimum Gasteiger partial charge on any atom is -0.310 e. The van der Waals surface area contributed by atoms with Gasteiger partial charge in [-0.3, -0.25) is 0 Å². The van der Waals surface area contributed by atoms with E-state index in [-0.39, 0.29) is 0 Å². The topological polar surface area (TPSA) is 13.0 Å². The molecule has 17 rings (SSSR count). The summed E-state index contributed by atoms with van der Waals surface area (Å²) in [6.45, 7) is 4.82. The molecule has 0 atom stereocenters. The van der Waals surface area contributed by atoms with Crippen LogP contribution < -0.4 is 19.6 Å². The Labute approximate surface area is 604 Å². The zero-order valence-electron chi connectivity index (χ0n) is 57.5. The highest BCUT2D eigenvalue weighted by atomic mass is 15.2. The van der Waals surface area contributed by atoms with Gasteiger partial charge in [0.05, 0.1) is 0 Å². The van der Waals surface area contributed by atoms with Gasteiger partial charge in [-0.25, -0.2) is 0 Å². The quantitative estimate of drug-likeness (QED) is 0.0849. The normalized spacial score (nSPS) is 11.9. The minimum absolute atomic E-state index is 0.391. The van der Waals surface area contributed by atoms with Crippen LogP contribution in [0.2, 0.25) is 0 Å². The molecule has 0 aliphatic heterocycles. The largest absolute Gasteiger partial charge is 0.310 e. The Morgan fingerprint density at radius 3 is 0.553 bits per heavy atom. The molecule has 490 valence electrons. The van der Waals surface area contributed by atoms with Crippen molar-refractivity contribution in [2.75, 3.05) is 19.6 Å². The first-order valence-electron chi connectivity index (χ1n) is 35.4. The molecule has 1 aliphatic carbocycles. The van der Waals surface area contributed by atoms with Crippen molar-refractivity contribution in [1.82, 2.24) is 0 Å². The average molecular weight is 1320 g/mol. The van der Waals surface area contributed by atoms with Gasteiger partial charge >= 0.3 is 0 Å². The van der Waals surface area contributed by atoms with Gasteiger partial charge in [-0.05, 0) is 235 Å². The van der Waals surface area contributed by atoms with Crippen molar-refractivity contribution in [1.29, 1.82) is 0 Å². The van der Waals surface area contributed by atoms with Crippen molar-refractivity contribution >= 4 is 68.2 Å². The van der Waals surface area contributed by atoms with E-state index in [1.807, 2.05) is 0 Å². The molecule has 1 aliphatic rings. The molecular weight excluding hydrogens is 1250 g/mol. The highest BCUT2D eigenvalue weighted by molar-refractivity contribution is 5.93.